The van der Waals surface area contributed by atoms with Crippen molar-refractivity contribution in [1.29, 1.82) is 0 Å². The second-order valence-corrected chi connectivity index (χ2v) is 5.50. The highest BCUT2D eigenvalue weighted by molar-refractivity contribution is 5.75. The number of carbonyl (C=O) groups excluding carboxylic acids is 1. The Morgan fingerprint density at radius 2 is 1.90 bits per heavy atom. The van der Waals surface area contributed by atoms with Crippen molar-refractivity contribution in [2.24, 2.45) is 0 Å². The SMILES string of the molecule is CCC(=O)NCC(F)C(C)(C)OCCCOCCCNC. The lowest BCUT2D eigenvalue weighted by Crippen LogP contribution is -2.44. The van der Waals surface area contributed by atoms with Crippen molar-refractivity contribution in [3.05, 3.63) is 0 Å². The molecule has 5 nitrogen and oxygen atoms in total. The van der Waals surface area contributed by atoms with Crippen LogP contribution in [0.4, 0.5) is 4.39 Å². The van der Waals surface area contributed by atoms with Crippen molar-refractivity contribution in [3.8, 4) is 0 Å². The van der Waals surface area contributed by atoms with Gasteiger partial charge in [0, 0.05) is 26.2 Å². The van der Waals surface area contributed by atoms with Crippen LogP contribution in [-0.2, 0) is 14.3 Å². The summed E-state index contributed by atoms with van der Waals surface area (Å²) in [5.74, 6) is -0.150. The van der Waals surface area contributed by atoms with Gasteiger partial charge in [0.15, 0.2) is 0 Å². The van der Waals surface area contributed by atoms with Gasteiger partial charge in [0.25, 0.3) is 0 Å². The number of carbonyl (C=O) groups is 1. The van der Waals surface area contributed by atoms with E-state index in [9.17, 15) is 9.18 Å². The number of amides is 1. The summed E-state index contributed by atoms with van der Waals surface area (Å²) >= 11 is 0. The van der Waals surface area contributed by atoms with Gasteiger partial charge in [-0.15, -0.1) is 0 Å². The molecule has 1 atom stereocenters. The number of halogens is 1. The first kappa shape index (κ1) is 20.3. The molecule has 1 unspecified atom stereocenters. The van der Waals surface area contributed by atoms with Gasteiger partial charge in [-0.05, 0) is 40.3 Å². The van der Waals surface area contributed by atoms with Crippen LogP contribution in [0.2, 0.25) is 0 Å². The lowest BCUT2D eigenvalue weighted by atomic mass is 10.0. The van der Waals surface area contributed by atoms with Gasteiger partial charge in [0.2, 0.25) is 5.91 Å². The Morgan fingerprint density at radius 1 is 1.24 bits per heavy atom. The Morgan fingerprint density at radius 3 is 2.52 bits per heavy atom. The molecule has 0 aromatic rings. The van der Waals surface area contributed by atoms with Crippen molar-refractivity contribution in [3.63, 3.8) is 0 Å². The molecule has 0 saturated carbocycles. The van der Waals surface area contributed by atoms with Gasteiger partial charge in [0.1, 0.15) is 6.17 Å². The summed E-state index contributed by atoms with van der Waals surface area (Å²) < 4.78 is 25.0. The summed E-state index contributed by atoms with van der Waals surface area (Å²) in [6.07, 6.45) is 0.840. The molecule has 1 amide bonds. The zero-order valence-electron chi connectivity index (χ0n) is 13.8. The summed E-state index contributed by atoms with van der Waals surface area (Å²) in [4.78, 5) is 11.1. The Balaban J connectivity index is 3.68. The average Bonchev–Trinajstić information content (AvgIpc) is 2.46. The second-order valence-electron chi connectivity index (χ2n) is 5.50. The highest BCUT2D eigenvalue weighted by atomic mass is 19.1. The topological polar surface area (TPSA) is 59.6 Å². The van der Waals surface area contributed by atoms with Gasteiger partial charge >= 0.3 is 0 Å². The minimum atomic E-state index is -1.23. The second kappa shape index (κ2) is 11.9. The maximum atomic E-state index is 14.0. The van der Waals surface area contributed by atoms with E-state index in [0.29, 0.717) is 19.6 Å². The summed E-state index contributed by atoms with van der Waals surface area (Å²) in [5.41, 5.74) is -0.910. The van der Waals surface area contributed by atoms with Crippen LogP contribution in [-0.4, -0.2) is 57.6 Å². The molecule has 0 rings (SSSR count). The predicted molar refractivity (Wildman–Crippen MR) is 82.2 cm³/mol. The molecule has 0 aromatic carbocycles. The van der Waals surface area contributed by atoms with Crippen LogP contribution in [0.3, 0.4) is 0 Å². The van der Waals surface area contributed by atoms with E-state index >= 15 is 0 Å². The molecular weight excluding hydrogens is 275 g/mol. The zero-order valence-corrected chi connectivity index (χ0v) is 13.8. The van der Waals surface area contributed by atoms with Crippen molar-refractivity contribution in [1.82, 2.24) is 10.6 Å². The highest BCUT2D eigenvalue weighted by Crippen LogP contribution is 2.18. The van der Waals surface area contributed by atoms with Gasteiger partial charge in [-0.25, -0.2) is 4.39 Å². The van der Waals surface area contributed by atoms with Crippen LogP contribution in [0.5, 0.6) is 0 Å². The molecule has 0 heterocycles. The third-order valence-corrected chi connectivity index (χ3v) is 3.18. The number of nitrogens with one attached hydrogen (secondary N) is 2. The lowest BCUT2D eigenvalue weighted by molar-refractivity contribution is -0.122. The van der Waals surface area contributed by atoms with E-state index in [0.717, 1.165) is 26.0 Å². The molecule has 0 fully saturated rings. The van der Waals surface area contributed by atoms with E-state index in [4.69, 9.17) is 9.47 Å². The fourth-order valence-electron chi connectivity index (χ4n) is 1.61. The maximum Gasteiger partial charge on any atom is 0.219 e. The molecule has 0 bridgehead atoms. The average molecular weight is 306 g/mol. The lowest BCUT2D eigenvalue weighted by Gasteiger charge is -2.29. The molecule has 126 valence electrons. The van der Waals surface area contributed by atoms with Crippen molar-refractivity contribution < 1.29 is 18.7 Å². The van der Waals surface area contributed by atoms with E-state index < -0.39 is 11.8 Å². The van der Waals surface area contributed by atoms with E-state index in [1.165, 1.54) is 0 Å². The first-order valence-corrected chi connectivity index (χ1v) is 7.71. The molecule has 0 radical (unpaired) electrons. The van der Waals surface area contributed by atoms with Gasteiger partial charge in [0.05, 0.1) is 12.1 Å². The maximum absolute atomic E-state index is 14.0. The molecule has 0 spiro atoms. The summed E-state index contributed by atoms with van der Waals surface area (Å²) in [6, 6.07) is 0. The molecule has 0 aliphatic rings. The third-order valence-electron chi connectivity index (χ3n) is 3.18. The van der Waals surface area contributed by atoms with E-state index in [2.05, 4.69) is 10.6 Å². The smallest absolute Gasteiger partial charge is 0.219 e. The monoisotopic (exact) mass is 306 g/mol. The van der Waals surface area contributed by atoms with Gasteiger partial charge in [-0.3, -0.25) is 4.79 Å². The zero-order chi connectivity index (χ0) is 16.1. The summed E-state index contributed by atoms with van der Waals surface area (Å²) in [5, 5.41) is 5.59. The fourth-order valence-corrected chi connectivity index (χ4v) is 1.61. The Kier molecular flexibility index (Phi) is 11.5. The first-order valence-electron chi connectivity index (χ1n) is 7.71. The summed E-state index contributed by atoms with van der Waals surface area (Å²) in [7, 11) is 1.91. The van der Waals surface area contributed by atoms with Crippen LogP contribution in [0.15, 0.2) is 0 Å². The third kappa shape index (κ3) is 10.6. The Hall–Kier alpha value is -0.720. The molecule has 2 N–H and O–H groups in total. The number of ether oxygens (including phenoxy) is 2. The van der Waals surface area contributed by atoms with Gasteiger partial charge in [-0.1, -0.05) is 6.92 Å². The fraction of sp³-hybridized carbons (Fsp3) is 0.933. The Labute approximate surface area is 128 Å². The van der Waals surface area contributed by atoms with Crippen LogP contribution in [0.25, 0.3) is 0 Å². The minimum absolute atomic E-state index is 0.0137. The molecule has 0 aromatic heterocycles. The van der Waals surface area contributed by atoms with Crippen molar-refractivity contribution in [2.45, 2.75) is 51.8 Å². The largest absolute Gasteiger partial charge is 0.381 e. The molecule has 6 heteroatoms. The van der Waals surface area contributed by atoms with Crippen molar-refractivity contribution >= 4 is 5.91 Å². The first-order chi connectivity index (χ1) is 9.94. The molecule has 21 heavy (non-hydrogen) atoms. The number of alkyl halides is 1. The predicted octanol–water partition coefficient (Wildman–Crippen LogP) is 1.66. The molecular formula is C15H31FN2O3. The number of hydrogen-bond acceptors (Lipinski definition) is 4. The standard InChI is InChI=1S/C15H31FN2O3/c1-5-14(19)18-12-13(16)15(2,3)21-11-7-10-20-9-6-8-17-4/h13,17H,5-12H2,1-4H3,(H,18,19). The highest BCUT2D eigenvalue weighted by Gasteiger charge is 2.30. The van der Waals surface area contributed by atoms with Gasteiger partial charge < -0.3 is 20.1 Å². The van der Waals surface area contributed by atoms with Crippen molar-refractivity contribution in [2.75, 3.05) is 40.0 Å². The Bertz CT molecular complexity index is 276. The number of rotatable bonds is 13. The van der Waals surface area contributed by atoms with Crippen LogP contribution in [0.1, 0.15) is 40.0 Å². The van der Waals surface area contributed by atoms with Crippen LogP contribution >= 0.6 is 0 Å². The van der Waals surface area contributed by atoms with E-state index in [-0.39, 0.29) is 12.5 Å². The van der Waals surface area contributed by atoms with E-state index in [1.807, 2.05) is 7.05 Å². The minimum Gasteiger partial charge on any atom is -0.381 e. The van der Waals surface area contributed by atoms with Gasteiger partial charge in [-0.2, -0.15) is 0 Å². The number of hydrogen-bond donors (Lipinski definition) is 2. The van der Waals surface area contributed by atoms with Crippen LogP contribution in [0, 0.1) is 0 Å². The molecule has 0 saturated heterocycles. The quantitative estimate of drug-likeness (QED) is 0.508. The normalized spacial score (nSPS) is 13.2. The summed E-state index contributed by atoms with van der Waals surface area (Å²) in [6.45, 7) is 7.84. The van der Waals surface area contributed by atoms with E-state index in [1.54, 1.807) is 20.8 Å². The van der Waals surface area contributed by atoms with Crippen LogP contribution < -0.4 is 10.6 Å². The molecule has 0 aliphatic carbocycles. The molecule has 0 aliphatic heterocycles.